The Hall–Kier alpha value is -1.82. The Morgan fingerprint density at radius 2 is 1.26 bits per heavy atom. The summed E-state index contributed by atoms with van der Waals surface area (Å²) in [4.78, 5) is 0. The summed E-state index contributed by atoms with van der Waals surface area (Å²) < 4.78 is 0. The second-order valence-corrected chi connectivity index (χ2v) is 5.03. The van der Waals surface area contributed by atoms with Gasteiger partial charge in [-0.25, -0.2) is 0 Å². The number of aryl methyl sites for hydroxylation is 3. The molecule has 0 radical (unpaired) electrons. The summed E-state index contributed by atoms with van der Waals surface area (Å²) in [6.45, 7) is 6.68. The Bertz CT molecular complexity index is 736. The fourth-order valence-corrected chi connectivity index (χ4v) is 2.88. The third kappa shape index (κ3) is 2.02. The van der Waals surface area contributed by atoms with E-state index in [1.807, 2.05) is 0 Å². The van der Waals surface area contributed by atoms with E-state index in [0.29, 0.717) is 0 Å². The molecule has 0 aliphatic carbocycles. The van der Waals surface area contributed by atoms with Crippen molar-refractivity contribution < 1.29 is 0 Å². The highest BCUT2D eigenvalue weighted by atomic mass is 14.1. The third-order valence-corrected chi connectivity index (χ3v) is 4.04. The van der Waals surface area contributed by atoms with Crippen LogP contribution in [0.2, 0.25) is 0 Å². The van der Waals surface area contributed by atoms with Gasteiger partial charge in [-0.1, -0.05) is 56.8 Å². The Labute approximate surface area is 116 Å². The molecule has 0 nitrogen and oxygen atoms in total. The van der Waals surface area contributed by atoms with Crippen LogP contribution in [0.1, 0.15) is 31.0 Å². The van der Waals surface area contributed by atoms with Gasteiger partial charge in [0.15, 0.2) is 0 Å². The molecule has 0 heteroatoms. The molecule has 0 heterocycles. The van der Waals surface area contributed by atoms with E-state index in [2.05, 4.69) is 63.2 Å². The monoisotopic (exact) mass is 250 g/mol. The molecule has 0 saturated carbocycles. The van der Waals surface area contributed by atoms with Gasteiger partial charge in [-0.3, -0.25) is 0 Å². The molecule has 0 aromatic heterocycles. The van der Waals surface area contributed by atoms with E-state index in [1.165, 1.54) is 38.2 Å². The second kappa shape index (κ2) is 5.05. The Morgan fingerprint density at radius 3 is 1.84 bits per heavy atom. The van der Waals surface area contributed by atoms with E-state index < -0.39 is 0 Å². The van der Waals surface area contributed by atoms with Gasteiger partial charge in [-0.2, -0.15) is 0 Å². The van der Waals surface area contributed by atoms with Crippen molar-refractivity contribution in [2.45, 2.75) is 34.6 Å². The summed E-state index contributed by atoms with van der Waals surface area (Å²) in [5, 5.41) is 5.57. The van der Waals surface area contributed by atoms with Gasteiger partial charge in [0, 0.05) is 0 Å². The zero-order chi connectivity index (χ0) is 12.7. The fourth-order valence-electron chi connectivity index (χ4n) is 2.88. The first-order valence-electron chi connectivity index (χ1n) is 6.63. The predicted molar refractivity (Wildman–Crippen MR) is 87.0 cm³/mol. The van der Waals surface area contributed by atoms with Gasteiger partial charge in [-0.15, -0.1) is 0 Å². The smallest absolute Gasteiger partial charge is 0.0143 e. The molecule has 0 unspecified atom stereocenters. The highest BCUT2D eigenvalue weighted by molar-refractivity contribution is 6.05. The van der Waals surface area contributed by atoms with Crippen LogP contribution in [-0.2, 0) is 6.42 Å². The van der Waals surface area contributed by atoms with Crippen LogP contribution in [0.4, 0.5) is 0 Å². The van der Waals surface area contributed by atoms with E-state index in [0.717, 1.165) is 6.42 Å². The first-order valence-corrected chi connectivity index (χ1v) is 6.63. The van der Waals surface area contributed by atoms with Crippen molar-refractivity contribution in [1.82, 2.24) is 0 Å². The highest BCUT2D eigenvalue weighted by Crippen LogP contribution is 2.32. The number of rotatable bonds is 1. The van der Waals surface area contributed by atoms with Gasteiger partial charge in [0.2, 0.25) is 0 Å². The van der Waals surface area contributed by atoms with Crippen molar-refractivity contribution in [2.75, 3.05) is 0 Å². The van der Waals surface area contributed by atoms with Crippen LogP contribution in [0.15, 0.2) is 42.5 Å². The number of hydrogen-bond donors (Lipinski definition) is 0. The molecular weight excluding hydrogens is 228 g/mol. The van der Waals surface area contributed by atoms with E-state index in [4.69, 9.17) is 0 Å². The van der Waals surface area contributed by atoms with E-state index in [9.17, 15) is 0 Å². The summed E-state index contributed by atoms with van der Waals surface area (Å²) >= 11 is 0. The lowest BCUT2D eigenvalue weighted by Gasteiger charge is -2.12. The van der Waals surface area contributed by atoms with Crippen LogP contribution in [0.5, 0.6) is 0 Å². The zero-order valence-electron chi connectivity index (χ0n) is 11.2. The first kappa shape index (κ1) is 13.6. The number of hydrogen-bond acceptors (Lipinski definition) is 0. The summed E-state index contributed by atoms with van der Waals surface area (Å²) in [6, 6.07) is 15.6. The lowest BCUT2D eigenvalue weighted by Crippen LogP contribution is -1.89. The van der Waals surface area contributed by atoms with Crippen LogP contribution < -0.4 is 0 Å². The summed E-state index contributed by atoms with van der Waals surface area (Å²) in [5.74, 6) is 0. The quantitative estimate of drug-likeness (QED) is 0.478. The van der Waals surface area contributed by atoms with E-state index in [1.54, 1.807) is 0 Å². The molecule has 0 fully saturated rings. The van der Waals surface area contributed by atoms with Gasteiger partial charge < -0.3 is 0 Å². The molecule has 0 aliphatic heterocycles. The second-order valence-electron chi connectivity index (χ2n) is 5.03. The van der Waals surface area contributed by atoms with Crippen LogP contribution in [0.25, 0.3) is 21.5 Å². The molecule has 0 N–H and O–H groups in total. The predicted octanol–water partition coefficient (Wildman–Crippen LogP) is 5.81. The lowest BCUT2D eigenvalue weighted by atomic mass is 9.92. The normalized spacial score (nSPS) is 10.7. The summed E-state index contributed by atoms with van der Waals surface area (Å²) in [6.07, 6.45) is 1.10. The summed E-state index contributed by atoms with van der Waals surface area (Å²) in [7, 11) is 0. The van der Waals surface area contributed by atoms with Gasteiger partial charge in [0.1, 0.15) is 0 Å². The van der Waals surface area contributed by atoms with Crippen molar-refractivity contribution in [3.05, 3.63) is 59.2 Å². The molecule has 3 aromatic rings. The van der Waals surface area contributed by atoms with Gasteiger partial charge >= 0.3 is 0 Å². The molecule has 3 aromatic carbocycles. The maximum Gasteiger partial charge on any atom is -0.0143 e. The Morgan fingerprint density at radius 1 is 0.737 bits per heavy atom. The first-order chi connectivity index (χ1) is 8.72. The van der Waals surface area contributed by atoms with Crippen molar-refractivity contribution in [2.24, 2.45) is 0 Å². The molecule has 19 heavy (non-hydrogen) atoms. The van der Waals surface area contributed by atoms with Crippen LogP contribution in [-0.4, -0.2) is 0 Å². The van der Waals surface area contributed by atoms with Gasteiger partial charge in [0.25, 0.3) is 0 Å². The minimum absolute atomic E-state index is 0. The van der Waals surface area contributed by atoms with Crippen molar-refractivity contribution in [3.8, 4) is 0 Å². The molecular formula is C19H22. The largest absolute Gasteiger partial charge is 0.0776 e. The molecule has 0 spiro atoms. The van der Waals surface area contributed by atoms with E-state index in [-0.39, 0.29) is 7.43 Å². The van der Waals surface area contributed by atoms with Crippen molar-refractivity contribution in [3.63, 3.8) is 0 Å². The lowest BCUT2D eigenvalue weighted by molar-refractivity contribution is 1.15. The van der Waals surface area contributed by atoms with Gasteiger partial charge in [-0.05, 0) is 58.5 Å². The maximum atomic E-state index is 2.35. The molecule has 0 saturated heterocycles. The SMILES string of the molecule is C.CCc1ccc2c(C)c3ccccc3c(C)c2c1. The number of benzene rings is 3. The van der Waals surface area contributed by atoms with Crippen LogP contribution in [0.3, 0.4) is 0 Å². The third-order valence-electron chi connectivity index (χ3n) is 4.04. The number of fused-ring (bicyclic) bond motifs is 2. The molecule has 0 bridgehead atoms. The highest BCUT2D eigenvalue weighted by Gasteiger charge is 2.08. The topological polar surface area (TPSA) is 0 Å². The van der Waals surface area contributed by atoms with Crippen molar-refractivity contribution >= 4 is 21.5 Å². The fraction of sp³-hybridized carbons (Fsp3) is 0.263. The van der Waals surface area contributed by atoms with Crippen LogP contribution in [0, 0.1) is 13.8 Å². The minimum Gasteiger partial charge on any atom is -0.0776 e. The average Bonchev–Trinajstić information content (AvgIpc) is 2.44. The average molecular weight is 250 g/mol. The molecule has 3 rings (SSSR count). The Balaban J connectivity index is 0.00000133. The van der Waals surface area contributed by atoms with Crippen molar-refractivity contribution in [1.29, 1.82) is 0 Å². The molecule has 0 atom stereocenters. The zero-order valence-corrected chi connectivity index (χ0v) is 11.2. The minimum atomic E-state index is 0. The Kier molecular flexibility index (Phi) is 3.61. The van der Waals surface area contributed by atoms with E-state index >= 15 is 0 Å². The molecule has 0 amide bonds. The van der Waals surface area contributed by atoms with Crippen LogP contribution >= 0.6 is 0 Å². The molecule has 0 aliphatic rings. The summed E-state index contributed by atoms with van der Waals surface area (Å²) in [5.41, 5.74) is 4.22. The standard InChI is InChI=1S/C18H18.CH4/c1-4-14-9-10-17-12(2)15-7-5-6-8-16(15)13(3)18(17)11-14;/h5-11H,4H2,1-3H3;1H4. The molecule has 98 valence electrons. The maximum absolute atomic E-state index is 2.35. The van der Waals surface area contributed by atoms with Gasteiger partial charge in [0.05, 0.1) is 0 Å².